The van der Waals surface area contributed by atoms with Crippen LogP contribution in [0.25, 0.3) is 0 Å². The molecule has 0 aromatic heterocycles. The summed E-state index contributed by atoms with van der Waals surface area (Å²) >= 11 is 1.95. The van der Waals surface area contributed by atoms with Crippen LogP contribution in [0.15, 0.2) is 12.7 Å². The summed E-state index contributed by atoms with van der Waals surface area (Å²) in [5.41, 5.74) is -0.470. The molecule has 0 saturated heterocycles. The number of rotatable bonds is 3. The van der Waals surface area contributed by atoms with Crippen LogP contribution in [0.1, 0.15) is 13.8 Å². The highest BCUT2D eigenvalue weighted by molar-refractivity contribution is 14.1. The van der Waals surface area contributed by atoms with Crippen molar-refractivity contribution in [3.63, 3.8) is 0 Å². The summed E-state index contributed by atoms with van der Waals surface area (Å²) < 4.78 is 2.84. The van der Waals surface area contributed by atoms with Crippen molar-refractivity contribution in [3.05, 3.63) is 12.7 Å². The van der Waals surface area contributed by atoms with E-state index in [-0.39, 0.29) is 5.78 Å². The number of carbonyl (C=O) groups is 1. The standard InChI is InChI=1S/C6H10INO/c1-4-5(9)6(2,3)8-7/h4,8H,1H2,2-3H3. The van der Waals surface area contributed by atoms with Crippen LogP contribution in [0.2, 0.25) is 0 Å². The second-order valence-electron chi connectivity index (χ2n) is 2.29. The summed E-state index contributed by atoms with van der Waals surface area (Å²) in [5, 5.41) is 0. The van der Waals surface area contributed by atoms with Gasteiger partial charge in [-0.2, -0.15) is 0 Å². The molecular formula is C6H10INO. The van der Waals surface area contributed by atoms with Crippen molar-refractivity contribution in [1.29, 1.82) is 0 Å². The Labute approximate surface area is 69.2 Å². The third-order valence-corrected chi connectivity index (χ3v) is 2.39. The molecule has 0 aliphatic rings. The normalized spacial score (nSPS) is 11.0. The van der Waals surface area contributed by atoms with Crippen molar-refractivity contribution >= 4 is 28.6 Å². The predicted molar refractivity (Wildman–Crippen MR) is 46.4 cm³/mol. The number of hydrogen-bond acceptors (Lipinski definition) is 2. The molecule has 0 bridgehead atoms. The van der Waals surface area contributed by atoms with Crippen molar-refractivity contribution in [2.45, 2.75) is 19.4 Å². The highest BCUT2D eigenvalue weighted by atomic mass is 127. The lowest BCUT2D eigenvalue weighted by molar-refractivity contribution is -0.118. The molecule has 2 nitrogen and oxygen atoms in total. The van der Waals surface area contributed by atoms with Crippen LogP contribution < -0.4 is 3.53 Å². The molecule has 0 aromatic carbocycles. The number of hydrogen-bond donors (Lipinski definition) is 1. The Morgan fingerprint density at radius 1 is 1.78 bits per heavy atom. The van der Waals surface area contributed by atoms with Crippen molar-refractivity contribution in [2.24, 2.45) is 0 Å². The van der Waals surface area contributed by atoms with Crippen LogP contribution in [0.5, 0.6) is 0 Å². The van der Waals surface area contributed by atoms with Gasteiger partial charge in [0.25, 0.3) is 0 Å². The average molecular weight is 239 g/mol. The quantitative estimate of drug-likeness (QED) is 0.459. The van der Waals surface area contributed by atoms with Crippen LogP contribution in [-0.2, 0) is 4.79 Å². The Hall–Kier alpha value is 0.1000. The first-order chi connectivity index (χ1) is 4.04. The monoisotopic (exact) mass is 239 g/mol. The van der Waals surface area contributed by atoms with E-state index in [0.717, 1.165) is 0 Å². The topological polar surface area (TPSA) is 29.1 Å². The minimum atomic E-state index is -0.470. The van der Waals surface area contributed by atoms with E-state index in [2.05, 4.69) is 10.1 Å². The Morgan fingerprint density at radius 2 is 2.22 bits per heavy atom. The van der Waals surface area contributed by atoms with Crippen LogP contribution >= 0.6 is 22.9 Å². The SMILES string of the molecule is C=CC(=O)C(C)(C)NI. The lowest BCUT2D eigenvalue weighted by atomic mass is 10.0. The Kier molecular flexibility index (Phi) is 3.35. The number of nitrogens with one attached hydrogen (secondary N) is 1. The first-order valence-corrected chi connectivity index (χ1v) is 3.67. The lowest BCUT2D eigenvalue weighted by Crippen LogP contribution is -2.39. The summed E-state index contributed by atoms with van der Waals surface area (Å²) in [5.74, 6) is 0.0110. The van der Waals surface area contributed by atoms with E-state index in [9.17, 15) is 4.79 Å². The molecule has 0 radical (unpaired) electrons. The fourth-order valence-electron chi connectivity index (χ4n) is 0.302. The van der Waals surface area contributed by atoms with Gasteiger partial charge in [0.05, 0.1) is 5.54 Å². The summed E-state index contributed by atoms with van der Waals surface area (Å²) in [7, 11) is 0. The van der Waals surface area contributed by atoms with E-state index in [1.165, 1.54) is 6.08 Å². The van der Waals surface area contributed by atoms with Gasteiger partial charge in [-0.15, -0.1) is 0 Å². The van der Waals surface area contributed by atoms with E-state index in [1.807, 2.05) is 36.7 Å². The fourth-order valence-corrected chi connectivity index (χ4v) is 0.568. The van der Waals surface area contributed by atoms with E-state index < -0.39 is 5.54 Å². The molecule has 0 aliphatic heterocycles. The van der Waals surface area contributed by atoms with E-state index in [4.69, 9.17) is 0 Å². The Bertz CT molecular complexity index is 131. The van der Waals surface area contributed by atoms with Crippen molar-refractivity contribution in [1.82, 2.24) is 3.53 Å². The van der Waals surface area contributed by atoms with Crippen LogP contribution in [-0.4, -0.2) is 11.3 Å². The first-order valence-electron chi connectivity index (χ1n) is 2.59. The van der Waals surface area contributed by atoms with Crippen LogP contribution in [0.4, 0.5) is 0 Å². The largest absolute Gasteiger partial charge is 0.293 e. The molecule has 0 fully saturated rings. The van der Waals surface area contributed by atoms with Gasteiger partial charge in [-0.25, -0.2) is 3.53 Å². The molecule has 52 valence electrons. The number of halogens is 1. The maximum atomic E-state index is 10.9. The van der Waals surface area contributed by atoms with Crippen molar-refractivity contribution < 1.29 is 4.79 Å². The van der Waals surface area contributed by atoms with Gasteiger partial charge in [0.1, 0.15) is 0 Å². The zero-order valence-corrected chi connectivity index (χ0v) is 7.73. The number of ketones is 1. The van der Waals surface area contributed by atoms with Crippen LogP contribution in [0, 0.1) is 0 Å². The van der Waals surface area contributed by atoms with E-state index in [0.29, 0.717) is 0 Å². The fraction of sp³-hybridized carbons (Fsp3) is 0.500. The van der Waals surface area contributed by atoms with Crippen molar-refractivity contribution in [2.75, 3.05) is 0 Å². The maximum Gasteiger partial charge on any atom is 0.175 e. The van der Waals surface area contributed by atoms with Gasteiger partial charge in [0.2, 0.25) is 0 Å². The van der Waals surface area contributed by atoms with Gasteiger partial charge in [0, 0.05) is 22.9 Å². The Morgan fingerprint density at radius 3 is 2.33 bits per heavy atom. The summed E-state index contributed by atoms with van der Waals surface area (Å²) in [6.07, 6.45) is 1.33. The van der Waals surface area contributed by atoms with Crippen molar-refractivity contribution in [3.8, 4) is 0 Å². The first kappa shape index (κ1) is 9.10. The summed E-state index contributed by atoms with van der Waals surface area (Å²) in [4.78, 5) is 10.9. The Balaban J connectivity index is 4.13. The third kappa shape index (κ3) is 2.45. The predicted octanol–water partition coefficient (Wildman–Crippen LogP) is 1.46. The number of carbonyl (C=O) groups excluding carboxylic acids is 1. The zero-order valence-electron chi connectivity index (χ0n) is 5.57. The molecule has 0 heterocycles. The summed E-state index contributed by atoms with van der Waals surface area (Å²) in [6, 6.07) is 0. The highest BCUT2D eigenvalue weighted by Gasteiger charge is 2.22. The molecule has 0 aliphatic carbocycles. The van der Waals surface area contributed by atoms with Gasteiger partial charge in [-0.1, -0.05) is 6.58 Å². The second kappa shape index (κ2) is 3.31. The molecule has 0 atom stereocenters. The van der Waals surface area contributed by atoms with Crippen LogP contribution in [0.3, 0.4) is 0 Å². The van der Waals surface area contributed by atoms with Gasteiger partial charge in [-0.3, -0.25) is 4.79 Å². The summed E-state index contributed by atoms with van der Waals surface area (Å²) in [6.45, 7) is 7.00. The molecule has 0 amide bonds. The van der Waals surface area contributed by atoms with E-state index in [1.54, 1.807) is 0 Å². The van der Waals surface area contributed by atoms with Gasteiger partial charge in [0.15, 0.2) is 5.78 Å². The molecular weight excluding hydrogens is 229 g/mol. The van der Waals surface area contributed by atoms with E-state index >= 15 is 0 Å². The molecule has 0 saturated carbocycles. The molecule has 1 N–H and O–H groups in total. The molecule has 3 heteroatoms. The minimum Gasteiger partial charge on any atom is -0.293 e. The van der Waals surface area contributed by atoms with Gasteiger partial charge >= 0.3 is 0 Å². The third-order valence-electron chi connectivity index (χ3n) is 1.04. The molecule has 0 unspecified atom stereocenters. The highest BCUT2D eigenvalue weighted by Crippen LogP contribution is 2.05. The molecule has 0 rings (SSSR count). The minimum absolute atomic E-state index is 0.0110. The maximum absolute atomic E-state index is 10.9. The smallest absolute Gasteiger partial charge is 0.175 e. The average Bonchev–Trinajstić information content (AvgIpc) is 1.86. The zero-order chi connectivity index (χ0) is 7.49. The lowest BCUT2D eigenvalue weighted by Gasteiger charge is -2.17. The van der Waals surface area contributed by atoms with Gasteiger partial charge < -0.3 is 0 Å². The second-order valence-corrected chi connectivity index (χ2v) is 2.83. The molecule has 9 heavy (non-hydrogen) atoms. The molecule has 0 spiro atoms. The van der Waals surface area contributed by atoms with Gasteiger partial charge in [-0.05, 0) is 19.9 Å². The molecule has 0 aromatic rings.